The van der Waals surface area contributed by atoms with Crippen molar-refractivity contribution < 1.29 is 9.18 Å². The summed E-state index contributed by atoms with van der Waals surface area (Å²) in [6.45, 7) is 3.57. The van der Waals surface area contributed by atoms with Crippen LogP contribution < -0.4 is 5.32 Å². The Labute approximate surface area is 148 Å². The Morgan fingerprint density at radius 2 is 1.68 bits per heavy atom. The van der Waals surface area contributed by atoms with Crippen molar-refractivity contribution in [3.63, 3.8) is 0 Å². The minimum absolute atomic E-state index is 0.107. The van der Waals surface area contributed by atoms with E-state index in [1.54, 1.807) is 12.1 Å². The Kier molecular flexibility index (Phi) is 6.18. The Balaban J connectivity index is 1.56. The summed E-state index contributed by atoms with van der Waals surface area (Å²) < 4.78 is 14.4. The molecule has 0 unspecified atom stereocenters. The summed E-state index contributed by atoms with van der Waals surface area (Å²) in [5.41, 5.74) is 1.82. The molecule has 1 fully saturated rings. The highest BCUT2D eigenvalue weighted by atomic mass is 19.1. The van der Waals surface area contributed by atoms with E-state index in [9.17, 15) is 9.18 Å². The number of carbonyl (C=O) groups is 1. The molecule has 1 aliphatic rings. The van der Waals surface area contributed by atoms with Crippen molar-refractivity contribution in [2.75, 3.05) is 26.2 Å². The molecule has 1 N–H and O–H groups in total. The van der Waals surface area contributed by atoms with Gasteiger partial charge in [-0.05, 0) is 49.2 Å². The lowest BCUT2D eigenvalue weighted by atomic mass is 10.0. The van der Waals surface area contributed by atoms with Gasteiger partial charge in [0.2, 0.25) is 0 Å². The number of benzene rings is 2. The zero-order valence-electron chi connectivity index (χ0n) is 14.5. The molecule has 0 atom stereocenters. The van der Waals surface area contributed by atoms with E-state index in [2.05, 4.69) is 10.2 Å². The fourth-order valence-electron chi connectivity index (χ4n) is 3.29. The van der Waals surface area contributed by atoms with E-state index in [1.165, 1.54) is 31.7 Å². The molecule has 0 spiro atoms. The summed E-state index contributed by atoms with van der Waals surface area (Å²) in [4.78, 5) is 14.6. The largest absolute Gasteiger partial charge is 0.351 e. The van der Waals surface area contributed by atoms with Crippen molar-refractivity contribution in [3.8, 4) is 11.1 Å². The third kappa shape index (κ3) is 4.89. The van der Waals surface area contributed by atoms with E-state index in [0.29, 0.717) is 6.54 Å². The number of halogens is 1. The monoisotopic (exact) mass is 340 g/mol. The average Bonchev–Trinajstić information content (AvgIpc) is 2.91. The maximum atomic E-state index is 14.4. The Morgan fingerprint density at radius 1 is 0.960 bits per heavy atom. The third-order valence-corrected chi connectivity index (χ3v) is 4.73. The van der Waals surface area contributed by atoms with Crippen molar-refractivity contribution in [1.29, 1.82) is 0 Å². The standard InChI is InChI=1S/C21H25FN2O/c22-20-16-18(17-8-4-3-5-9-17)10-11-19(20)21(25)23-12-15-24-13-6-1-2-7-14-24/h3-5,8-11,16H,1-2,6-7,12-15H2,(H,23,25). The summed E-state index contributed by atoms with van der Waals surface area (Å²) in [6, 6.07) is 14.4. The lowest BCUT2D eigenvalue weighted by molar-refractivity contribution is 0.0944. The number of hydrogen-bond acceptors (Lipinski definition) is 2. The molecule has 0 aliphatic carbocycles. The second-order valence-corrected chi connectivity index (χ2v) is 6.57. The van der Waals surface area contributed by atoms with E-state index in [0.717, 1.165) is 30.8 Å². The molecule has 0 bridgehead atoms. The van der Waals surface area contributed by atoms with E-state index in [-0.39, 0.29) is 11.5 Å². The smallest absolute Gasteiger partial charge is 0.254 e. The molecule has 4 heteroatoms. The summed E-state index contributed by atoms with van der Waals surface area (Å²) in [7, 11) is 0. The van der Waals surface area contributed by atoms with Crippen LogP contribution >= 0.6 is 0 Å². The second kappa shape index (κ2) is 8.77. The van der Waals surface area contributed by atoms with Crippen molar-refractivity contribution >= 4 is 5.91 Å². The van der Waals surface area contributed by atoms with Gasteiger partial charge in [-0.3, -0.25) is 4.79 Å². The van der Waals surface area contributed by atoms with Gasteiger partial charge >= 0.3 is 0 Å². The van der Waals surface area contributed by atoms with Crippen molar-refractivity contribution in [2.45, 2.75) is 25.7 Å². The van der Waals surface area contributed by atoms with Crippen molar-refractivity contribution in [3.05, 3.63) is 59.9 Å². The van der Waals surface area contributed by atoms with Gasteiger partial charge in [0.05, 0.1) is 5.56 Å². The van der Waals surface area contributed by atoms with Gasteiger partial charge in [0.25, 0.3) is 5.91 Å². The van der Waals surface area contributed by atoms with Gasteiger partial charge in [0.1, 0.15) is 5.82 Å². The highest BCUT2D eigenvalue weighted by Gasteiger charge is 2.14. The molecule has 0 saturated carbocycles. The lowest BCUT2D eigenvalue weighted by Crippen LogP contribution is -2.35. The molecule has 25 heavy (non-hydrogen) atoms. The summed E-state index contributed by atoms with van der Waals surface area (Å²) in [6.07, 6.45) is 5.04. The van der Waals surface area contributed by atoms with Crippen LogP contribution in [0.1, 0.15) is 36.0 Å². The van der Waals surface area contributed by atoms with Crippen LogP contribution in [0, 0.1) is 5.82 Å². The van der Waals surface area contributed by atoms with Crippen LogP contribution in [0.2, 0.25) is 0 Å². The quantitative estimate of drug-likeness (QED) is 0.889. The summed E-state index contributed by atoms with van der Waals surface area (Å²) in [5.74, 6) is -0.819. The predicted molar refractivity (Wildman–Crippen MR) is 99.1 cm³/mol. The Morgan fingerprint density at radius 3 is 2.36 bits per heavy atom. The topological polar surface area (TPSA) is 32.3 Å². The van der Waals surface area contributed by atoms with Crippen LogP contribution in [0.5, 0.6) is 0 Å². The number of amides is 1. The number of carbonyl (C=O) groups excluding carboxylic acids is 1. The average molecular weight is 340 g/mol. The SMILES string of the molecule is O=C(NCCN1CCCCCC1)c1ccc(-c2ccccc2)cc1F. The van der Waals surface area contributed by atoms with Crippen LogP contribution in [0.4, 0.5) is 4.39 Å². The van der Waals surface area contributed by atoms with Crippen molar-refractivity contribution in [2.24, 2.45) is 0 Å². The first-order valence-corrected chi connectivity index (χ1v) is 9.09. The van der Waals surface area contributed by atoms with Gasteiger partial charge in [-0.2, -0.15) is 0 Å². The van der Waals surface area contributed by atoms with Gasteiger partial charge in [-0.15, -0.1) is 0 Å². The van der Waals surface area contributed by atoms with Gasteiger partial charge < -0.3 is 10.2 Å². The first kappa shape index (κ1) is 17.6. The first-order chi connectivity index (χ1) is 12.2. The molecule has 1 aliphatic heterocycles. The van der Waals surface area contributed by atoms with Gasteiger partial charge in [-0.1, -0.05) is 49.2 Å². The maximum absolute atomic E-state index is 14.4. The fraction of sp³-hybridized carbons (Fsp3) is 0.381. The van der Waals surface area contributed by atoms with E-state index in [4.69, 9.17) is 0 Å². The molecular formula is C21H25FN2O. The minimum Gasteiger partial charge on any atom is -0.351 e. The maximum Gasteiger partial charge on any atom is 0.254 e. The number of nitrogens with zero attached hydrogens (tertiary/aromatic N) is 1. The molecule has 1 heterocycles. The van der Waals surface area contributed by atoms with Crippen LogP contribution in [-0.4, -0.2) is 37.0 Å². The number of nitrogens with one attached hydrogen (secondary N) is 1. The predicted octanol–water partition coefficient (Wildman–Crippen LogP) is 4.10. The molecule has 0 aromatic heterocycles. The van der Waals surface area contributed by atoms with Gasteiger partial charge in [0.15, 0.2) is 0 Å². The summed E-state index contributed by atoms with van der Waals surface area (Å²) >= 11 is 0. The zero-order valence-corrected chi connectivity index (χ0v) is 14.5. The highest BCUT2D eigenvalue weighted by molar-refractivity contribution is 5.95. The summed E-state index contributed by atoms with van der Waals surface area (Å²) in [5, 5.41) is 2.85. The second-order valence-electron chi connectivity index (χ2n) is 6.57. The molecule has 2 aromatic carbocycles. The normalized spacial score (nSPS) is 15.6. The van der Waals surface area contributed by atoms with Crippen molar-refractivity contribution in [1.82, 2.24) is 10.2 Å². The van der Waals surface area contributed by atoms with E-state index in [1.807, 2.05) is 30.3 Å². The Hall–Kier alpha value is -2.20. The Bertz CT molecular complexity index is 694. The molecular weight excluding hydrogens is 315 g/mol. The minimum atomic E-state index is -0.478. The molecule has 2 aromatic rings. The van der Waals surface area contributed by atoms with E-state index >= 15 is 0 Å². The molecule has 1 amide bonds. The van der Waals surface area contributed by atoms with Crippen LogP contribution in [-0.2, 0) is 0 Å². The molecule has 3 nitrogen and oxygen atoms in total. The lowest BCUT2D eigenvalue weighted by Gasteiger charge is -2.19. The molecule has 132 valence electrons. The van der Waals surface area contributed by atoms with Gasteiger partial charge in [-0.25, -0.2) is 4.39 Å². The number of hydrogen-bond donors (Lipinski definition) is 1. The molecule has 0 radical (unpaired) electrons. The molecule has 1 saturated heterocycles. The fourth-order valence-corrected chi connectivity index (χ4v) is 3.29. The number of rotatable bonds is 5. The van der Waals surface area contributed by atoms with Crippen LogP contribution in [0.3, 0.4) is 0 Å². The number of likely N-dealkylation sites (tertiary alicyclic amines) is 1. The van der Waals surface area contributed by atoms with Gasteiger partial charge in [0, 0.05) is 13.1 Å². The zero-order chi connectivity index (χ0) is 17.5. The highest BCUT2D eigenvalue weighted by Crippen LogP contribution is 2.21. The van der Waals surface area contributed by atoms with Crippen LogP contribution in [0.15, 0.2) is 48.5 Å². The third-order valence-electron chi connectivity index (χ3n) is 4.73. The van der Waals surface area contributed by atoms with Crippen LogP contribution in [0.25, 0.3) is 11.1 Å². The first-order valence-electron chi connectivity index (χ1n) is 9.09. The molecule has 3 rings (SSSR count). The van der Waals surface area contributed by atoms with E-state index < -0.39 is 5.82 Å².